The topological polar surface area (TPSA) is 114 Å². The van der Waals surface area contributed by atoms with Gasteiger partial charge in [-0.15, -0.1) is 0 Å². The molecule has 12 heteroatoms. The molecule has 1 saturated heterocycles. The summed E-state index contributed by atoms with van der Waals surface area (Å²) < 4.78 is 32.8. The predicted molar refractivity (Wildman–Crippen MR) is 156 cm³/mol. The zero-order valence-corrected chi connectivity index (χ0v) is 25.2. The van der Waals surface area contributed by atoms with Crippen LogP contribution in [0.2, 0.25) is 5.02 Å². The molecule has 1 aliphatic rings. The third-order valence-corrected chi connectivity index (χ3v) is 9.57. The number of hydrogen-bond donors (Lipinski definition) is 2. The SMILES string of the molecule is COc1cc(C2CCN(C(C)C)CC2)c(C)cc1Nc1ncc(Cl)c(Nc2cn(C)nc2S(=O)(=O)C(C)C)n1. The minimum absolute atomic E-state index is 0.0590. The smallest absolute Gasteiger partial charge is 0.229 e. The Morgan fingerprint density at radius 3 is 2.41 bits per heavy atom. The van der Waals surface area contributed by atoms with Gasteiger partial charge in [-0.3, -0.25) is 4.68 Å². The molecule has 1 aliphatic heterocycles. The fourth-order valence-corrected chi connectivity index (χ4v) is 6.12. The van der Waals surface area contributed by atoms with E-state index in [-0.39, 0.29) is 21.8 Å². The second kappa shape index (κ2) is 11.7. The van der Waals surface area contributed by atoms with Gasteiger partial charge in [0.15, 0.2) is 5.82 Å². The van der Waals surface area contributed by atoms with Crippen LogP contribution in [0, 0.1) is 6.92 Å². The molecule has 0 bridgehead atoms. The largest absolute Gasteiger partial charge is 0.495 e. The van der Waals surface area contributed by atoms with Crippen molar-refractivity contribution in [2.45, 2.75) is 69.7 Å². The third-order valence-electron chi connectivity index (χ3n) is 7.22. The van der Waals surface area contributed by atoms with Crippen LogP contribution < -0.4 is 15.4 Å². The van der Waals surface area contributed by atoms with Gasteiger partial charge in [-0.05, 0) is 89.7 Å². The molecule has 0 atom stereocenters. The molecule has 2 N–H and O–H groups in total. The summed E-state index contributed by atoms with van der Waals surface area (Å²) in [6.45, 7) is 12.0. The summed E-state index contributed by atoms with van der Waals surface area (Å²) in [4.78, 5) is 11.4. The van der Waals surface area contributed by atoms with Gasteiger partial charge in [0.25, 0.3) is 0 Å². The van der Waals surface area contributed by atoms with Crippen molar-refractivity contribution in [3.8, 4) is 5.75 Å². The van der Waals surface area contributed by atoms with Gasteiger partial charge >= 0.3 is 0 Å². The van der Waals surface area contributed by atoms with E-state index in [1.165, 1.54) is 22.0 Å². The van der Waals surface area contributed by atoms with Gasteiger partial charge in [-0.2, -0.15) is 10.1 Å². The number of hydrogen-bond acceptors (Lipinski definition) is 9. The Hall–Kier alpha value is -2.89. The number of halogens is 1. The van der Waals surface area contributed by atoms with Crippen LogP contribution in [0.15, 0.2) is 29.6 Å². The van der Waals surface area contributed by atoms with Crippen LogP contribution in [0.25, 0.3) is 0 Å². The Morgan fingerprint density at radius 2 is 1.79 bits per heavy atom. The van der Waals surface area contributed by atoms with E-state index in [4.69, 9.17) is 16.3 Å². The van der Waals surface area contributed by atoms with Crippen LogP contribution in [-0.2, 0) is 16.9 Å². The number of rotatable bonds is 9. The van der Waals surface area contributed by atoms with Crippen molar-refractivity contribution in [2.75, 3.05) is 30.8 Å². The number of benzene rings is 1. The molecular formula is C27H38ClN7O3S. The summed E-state index contributed by atoms with van der Waals surface area (Å²) in [5, 5.41) is 9.98. The highest BCUT2D eigenvalue weighted by molar-refractivity contribution is 7.92. The first kappa shape index (κ1) is 29.1. The van der Waals surface area contributed by atoms with Crippen molar-refractivity contribution in [1.82, 2.24) is 24.6 Å². The van der Waals surface area contributed by atoms with Gasteiger partial charge in [-0.25, -0.2) is 13.4 Å². The number of aryl methyl sites for hydroxylation is 2. The Balaban J connectivity index is 1.58. The molecule has 10 nitrogen and oxygen atoms in total. The van der Waals surface area contributed by atoms with Crippen molar-refractivity contribution in [3.05, 3.63) is 40.7 Å². The van der Waals surface area contributed by atoms with E-state index < -0.39 is 15.1 Å². The molecule has 4 rings (SSSR count). The van der Waals surface area contributed by atoms with E-state index in [2.05, 4.69) is 63.5 Å². The number of anilines is 4. The lowest BCUT2D eigenvalue weighted by atomic mass is 9.86. The van der Waals surface area contributed by atoms with Gasteiger partial charge in [0.05, 0.1) is 29.9 Å². The maximum absolute atomic E-state index is 12.8. The molecule has 3 aromatic rings. The fraction of sp³-hybridized carbons (Fsp3) is 0.519. The summed E-state index contributed by atoms with van der Waals surface area (Å²) in [5.74, 6) is 1.73. The van der Waals surface area contributed by atoms with Gasteiger partial charge < -0.3 is 20.3 Å². The van der Waals surface area contributed by atoms with Crippen molar-refractivity contribution < 1.29 is 13.2 Å². The molecule has 1 aromatic carbocycles. The lowest BCUT2D eigenvalue weighted by Gasteiger charge is -2.35. The number of nitrogens with zero attached hydrogens (tertiary/aromatic N) is 5. The zero-order valence-electron chi connectivity index (χ0n) is 23.6. The minimum Gasteiger partial charge on any atom is -0.495 e. The number of piperidine rings is 1. The van der Waals surface area contributed by atoms with E-state index in [0.717, 1.165) is 31.6 Å². The van der Waals surface area contributed by atoms with E-state index in [0.29, 0.717) is 23.4 Å². The highest BCUT2D eigenvalue weighted by Crippen LogP contribution is 2.38. The average molecular weight is 576 g/mol. The molecule has 0 amide bonds. The maximum Gasteiger partial charge on any atom is 0.229 e. The van der Waals surface area contributed by atoms with Crippen LogP contribution in [-0.4, -0.2) is 64.6 Å². The number of likely N-dealkylation sites (tertiary alicyclic amines) is 1. The number of aromatic nitrogens is 4. The lowest BCUT2D eigenvalue weighted by molar-refractivity contribution is 0.171. The van der Waals surface area contributed by atoms with Gasteiger partial charge in [0.1, 0.15) is 10.8 Å². The van der Waals surface area contributed by atoms with Gasteiger partial charge in [0.2, 0.25) is 20.8 Å². The molecule has 2 aromatic heterocycles. The van der Waals surface area contributed by atoms with E-state index in [1.807, 2.05) is 0 Å². The van der Waals surface area contributed by atoms with Crippen LogP contribution in [0.4, 0.5) is 23.1 Å². The monoisotopic (exact) mass is 575 g/mol. The first-order valence-corrected chi connectivity index (χ1v) is 15.1. The normalized spacial score (nSPS) is 15.2. The molecule has 0 aliphatic carbocycles. The van der Waals surface area contributed by atoms with E-state index in [9.17, 15) is 8.42 Å². The molecular weight excluding hydrogens is 538 g/mol. The fourth-order valence-electron chi connectivity index (χ4n) is 4.89. The summed E-state index contributed by atoms with van der Waals surface area (Å²) >= 11 is 6.39. The van der Waals surface area contributed by atoms with Crippen LogP contribution in [0.1, 0.15) is 57.6 Å². The standard InChI is InChI=1S/C27H38ClN7O3S/c1-16(2)35-10-8-19(9-11-35)20-13-24(38-7)22(12-18(20)5)31-27-29-14-21(28)25(32-27)30-23-15-34(6)33-26(23)39(36,37)17(3)4/h12-17,19H,8-11H2,1-7H3,(H2,29,30,31,32). The van der Waals surface area contributed by atoms with E-state index >= 15 is 0 Å². The van der Waals surface area contributed by atoms with Crippen LogP contribution >= 0.6 is 11.6 Å². The van der Waals surface area contributed by atoms with Crippen molar-refractivity contribution >= 4 is 44.6 Å². The Bertz CT molecular complexity index is 1430. The second-order valence-electron chi connectivity index (χ2n) is 10.6. The maximum atomic E-state index is 12.8. The van der Waals surface area contributed by atoms with Crippen molar-refractivity contribution in [2.24, 2.45) is 7.05 Å². The van der Waals surface area contributed by atoms with Crippen LogP contribution in [0.3, 0.4) is 0 Å². The number of ether oxygens (including phenoxy) is 1. The predicted octanol–water partition coefficient (Wildman–Crippen LogP) is 5.44. The average Bonchev–Trinajstić information content (AvgIpc) is 3.27. The van der Waals surface area contributed by atoms with Crippen molar-refractivity contribution in [3.63, 3.8) is 0 Å². The molecule has 39 heavy (non-hydrogen) atoms. The van der Waals surface area contributed by atoms with Crippen LogP contribution in [0.5, 0.6) is 5.75 Å². The quantitative estimate of drug-likeness (QED) is 0.344. The van der Waals surface area contributed by atoms with E-state index in [1.54, 1.807) is 34.2 Å². The Kier molecular flexibility index (Phi) is 8.72. The minimum atomic E-state index is -3.63. The number of nitrogens with one attached hydrogen (secondary N) is 2. The second-order valence-corrected chi connectivity index (χ2v) is 13.4. The van der Waals surface area contributed by atoms with Gasteiger partial charge in [-0.1, -0.05) is 11.6 Å². The number of methoxy groups -OCH3 is 1. The Labute approximate surface area is 236 Å². The summed E-state index contributed by atoms with van der Waals surface area (Å²) in [6.07, 6.45) is 5.28. The molecule has 212 valence electrons. The molecule has 0 radical (unpaired) electrons. The summed E-state index contributed by atoms with van der Waals surface area (Å²) in [5.41, 5.74) is 3.50. The first-order chi connectivity index (χ1) is 18.4. The first-order valence-electron chi connectivity index (χ1n) is 13.2. The molecule has 3 heterocycles. The number of sulfone groups is 1. The molecule has 0 saturated carbocycles. The zero-order chi connectivity index (χ0) is 28.5. The van der Waals surface area contributed by atoms with Crippen molar-refractivity contribution in [1.29, 1.82) is 0 Å². The highest BCUT2D eigenvalue weighted by Gasteiger charge is 2.28. The lowest BCUT2D eigenvalue weighted by Crippen LogP contribution is -2.37. The Morgan fingerprint density at radius 1 is 1.10 bits per heavy atom. The highest BCUT2D eigenvalue weighted by atomic mass is 35.5. The molecule has 0 unspecified atom stereocenters. The summed E-state index contributed by atoms with van der Waals surface area (Å²) in [6, 6.07) is 4.74. The summed E-state index contributed by atoms with van der Waals surface area (Å²) in [7, 11) is -0.322. The third kappa shape index (κ3) is 6.31. The van der Waals surface area contributed by atoms with Gasteiger partial charge in [0, 0.05) is 19.3 Å². The molecule has 1 fully saturated rings. The molecule has 0 spiro atoms.